The molecule has 0 aromatic rings. The molecule has 3 aliphatic heterocycles. The van der Waals surface area contributed by atoms with E-state index in [-0.39, 0.29) is 0 Å². The van der Waals surface area contributed by atoms with Gasteiger partial charge in [0.2, 0.25) is 0 Å². The summed E-state index contributed by atoms with van der Waals surface area (Å²) in [6, 6.07) is 2.05. The van der Waals surface area contributed by atoms with Gasteiger partial charge >= 0.3 is 0 Å². The Bertz CT molecular complexity index is 148. The summed E-state index contributed by atoms with van der Waals surface area (Å²) in [6.45, 7) is 1.42. The first-order chi connectivity index (χ1) is 5.45. The van der Waals surface area contributed by atoms with Crippen molar-refractivity contribution in [2.24, 2.45) is 5.92 Å². The molecule has 0 spiro atoms. The quantitative estimate of drug-likeness (QED) is 0.512. The second-order valence-electron chi connectivity index (χ2n) is 4.53. The van der Waals surface area contributed by atoms with E-state index < -0.39 is 0 Å². The van der Waals surface area contributed by atoms with Gasteiger partial charge in [-0.2, -0.15) is 0 Å². The van der Waals surface area contributed by atoms with E-state index in [2.05, 4.69) is 4.90 Å². The number of hydrogen-bond donors (Lipinski definition) is 0. The van der Waals surface area contributed by atoms with Crippen LogP contribution in [0.1, 0.15) is 38.5 Å². The fraction of sp³-hybridized carbons (Fsp3) is 1.00. The first kappa shape index (κ1) is 6.47. The monoisotopic (exact) mass is 151 g/mol. The predicted octanol–water partition coefficient (Wildman–Crippen LogP) is 2.02. The maximum Gasteiger partial charge on any atom is 0.0127 e. The second kappa shape index (κ2) is 2.22. The summed E-state index contributed by atoms with van der Waals surface area (Å²) < 4.78 is 0. The highest BCUT2D eigenvalue weighted by atomic mass is 15.2. The van der Waals surface area contributed by atoms with Gasteiger partial charge in [-0.3, -0.25) is 4.90 Å². The largest absolute Gasteiger partial charge is 0.297 e. The third-order valence-corrected chi connectivity index (χ3v) is 4.04. The summed E-state index contributed by atoms with van der Waals surface area (Å²) >= 11 is 0. The van der Waals surface area contributed by atoms with Crippen molar-refractivity contribution in [1.29, 1.82) is 0 Å². The van der Waals surface area contributed by atoms with Crippen molar-refractivity contribution in [3.05, 3.63) is 0 Å². The standard InChI is InChI=1S/C10H17N/c1-4-9-7-8-3-2-6-11(9)10(8)5-1/h8-10H,1-7H2/t8-,9+,10-/m0/s1. The van der Waals surface area contributed by atoms with Crippen LogP contribution in [0, 0.1) is 5.92 Å². The highest BCUT2D eigenvalue weighted by molar-refractivity contribution is 4.99. The molecular weight excluding hydrogens is 134 g/mol. The number of rotatable bonds is 0. The zero-order chi connectivity index (χ0) is 7.26. The van der Waals surface area contributed by atoms with Gasteiger partial charge in [-0.1, -0.05) is 6.42 Å². The molecule has 3 aliphatic rings. The van der Waals surface area contributed by atoms with Gasteiger partial charge in [0.25, 0.3) is 0 Å². The van der Waals surface area contributed by atoms with Crippen molar-refractivity contribution in [2.45, 2.75) is 50.6 Å². The SMILES string of the molecule is C1C[C@@H]2C[C@@H]3CCCN2[C@H]3C1. The zero-order valence-electron chi connectivity index (χ0n) is 7.13. The Balaban J connectivity index is 1.91. The van der Waals surface area contributed by atoms with Crippen LogP contribution in [-0.2, 0) is 0 Å². The van der Waals surface area contributed by atoms with E-state index in [4.69, 9.17) is 0 Å². The van der Waals surface area contributed by atoms with Crippen LogP contribution in [0.2, 0.25) is 0 Å². The van der Waals surface area contributed by atoms with Gasteiger partial charge in [-0.25, -0.2) is 0 Å². The van der Waals surface area contributed by atoms with Crippen LogP contribution in [0.3, 0.4) is 0 Å². The van der Waals surface area contributed by atoms with E-state index in [0.717, 1.165) is 18.0 Å². The van der Waals surface area contributed by atoms with Crippen LogP contribution in [0.4, 0.5) is 0 Å². The van der Waals surface area contributed by atoms with Gasteiger partial charge in [0.15, 0.2) is 0 Å². The summed E-state index contributed by atoms with van der Waals surface area (Å²) in [7, 11) is 0. The normalized spacial score (nSPS) is 54.5. The van der Waals surface area contributed by atoms with E-state index in [1.54, 1.807) is 6.42 Å². The van der Waals surface area contributed by atoms with Crippen LogP contribution in [0.25, 0.3) is 0 Å². The molecule has 1 heteroatoms. The van der Waals surface area contributed by atoms with E-state index in [1.165, 1.54) is 38.6 Å². The lowest BCUT2D eigenvalue weighted by Crippen LogP contribution is -2.43. The Labute approximate surface area is 68.8 Å². The molecule has 0 aromatic heterocycles. The van der Waals surface area contributed by atoms with E-state index in [1.807, 2.05) is 0 Å². The first-order valence-corrected chi connectivity index (χ1v) is 5.21. The highest BCUT2D eigenvalue weighted by Gasteiger charge is 2.44. The van der Waals surface area contributed by atoms with Crippen LogP contribution in [0.15, 0.2) is 0 Å². The van der Waals surface area contributed by atoms with Crippen molar-refractivity contribution >= 4 is 0 Å². The molecular formula is C10H17N. The number of hydrogen-bond acceptors (Lipinski definition) is 1. The van der Waals surface area contributed by atoms with Crippen molar-refractivity contribution in [3.63, 3.8) is 0 Å². The molecule has 3 fully saturated rings. The topological polar surface area (TPSA) is 3.24 Å². The third-order valence-electron chi connectivity index (χ3n) is 4.04. The lowest BCUT2D eigenvalue weighted by molar-refractivity contribution is 0.101. The summed E-state index contributed by atoms with van der Waals surface area (Å²) in [5.41, 5.74) is 0. The minimum Gasteiger partial charge on any atom is -0.297 e. The zero-order valence-corrected chi connectivity index (χ0v) is 7.13. The molecule has 0 amide bonds. The van der Waals surface area contributed by atoms with E-state index >= 15 is 0 Å². The van der Waals surface area contributed by atoms with Gasteiger partial charge in [-0.05, 0) is 44.6 Å². The van der Waals surface area contributed by atoms with Crippen LogP contribution >= 0.6 is 0 Å². The molecule has 0 saturated carbocycles. The third kappa shape index (κ3) is 0.807. The molecule has 3 saturated heterocycles. The molecule has 0 radical (unpaired) electrons. The lowest BCUT2D eigenvalue weighted by atomic mass is 9.90. The summed E-state index contributed by atoms with van der Waals surface area (Å²) in [4.78, 5) is 2.82. The molecule has 62 valence electrons. The Morgan fingerprint density at radius 2 is 2.00 bits per heavy atom. The Kier molecular flexibility index (Phi) is 1.31. The van der Waals surface area contributed by atoms with Crippen LogP contribution in [0.5, 0.6) is 0 Å². The number of nitrogens with zero attached hydrogens (tertiary/aromatic N) is 1. The van der Waals surface area contributed by atoms with Gasteiger partial charge in [0.05, 0.1) is 0 Å². The van der Waals surface area contributed by atoms with Crippen molar-refractivity contribution < 1.29 is 0 Å². The van der Waals surface area contributed by atoms with Crippen LogP contribution < -0.4 is 0 Å². The van der Waals surface area contributed by atoms with Gasteiger partial charge in [0, 0.05) is 12.1 Å². The molecule has 3 rings (SSSR count). The molecule has 0 aromatic carbocycles. The smallest absolute Gasteiger partial charge is 0.0127 e. The number of piperidine rings is 2. The van der Waals surface area contributed by atoms with Gasteiger partial charge in [0.1, 0.15) is 0 Å². The maximum atomic E-state index is 2.82. The molecule has 4 atom stereocenters. The molecule has 0 N–H and O–H groups in total. The minimum absolute atomic E-state index is 1.02. The van der Waals surface area contributed by atoms with Crippen molar-refractivity contribution in [1.82, 2.24) is 4.90 Å². The summed E-state index contributed by atoms with van der Waals surface area (Å²) in [5.74, 6) is 1.11. The fourth-order valence-corrected chi connectivity index (χ4v) is 3.63. The van der Waals surface area contributed by atoms with Crippen molar-refractivity contribution in [3.8, 4) is 0 Å². The minimum atomic E-state index is 1.02. The lowest BCUT2D eigenvalue weighted by Gasteiger charge is -2.38. The molecule has 4 bridgehead atoms. The maximum absolute atomic E-state index is 2.82. The molecule has 0 aliphatic carbocycles. The Hall–Kier alpha value is -0.0400. The van der Waals surface area contributed by atoms with E-state index in [9.17, 15) is 0 Å². The van der Waals surface area contributed by atoms with E-state index in [0.29, 0.717) is 0 Å². The molecule has 3 heterocycles. The predicted molar refractivity (Wildman–Crippen MR) is 45.5 cm³/mol. The molecule has 1 nitrogen and oxygen atoms in total. The average molecular weight is 151 g/mol. The van der Waals surface area contributed by atoms with Crippen molar-refractivity contribution in [2.75, 3.05) is 6.54 Å². The first-order valence-electron chi connectivity index (χ1n) is 5.21. The highest BCUT2D eigenvalue weighted by Crippen LogP contribution is 2.44. The fourth-order valence-electron chi connectivity index (χ4n) is 3.63. The van der Waals surface area contributed by atoms with Gasteiger partial charge < -0.3 is 0 Å². The molecule has 1 unspecified atom stereocenters. The summed E-state index contributed by atoms with van der Waals surface area (Å²) in [5, 5.41) is 0. The summed E-state index contributed by atoms with van der Waals surface area (Å²) in [6.07, 6.45) is 9.11. The van der Waals surface area contributed by atoms with Gasteiger partial charge in [-0.15, -0.1) is 0 Å². The average Bonchev–Trinajstić information content (AvgIpc) is 2.31. The Morgan fingerprint density at radius 3 is 2.91 bits per heavy atom. The molecule has 11 heavy (non-hydrogen) atoms. The Morgan fingerprint density at radius 1 is 1.00 bits per heavy atom. The van der Waals surface area contributed by atoms with Crippen LogP contribution in [-0.4, -0.2) is 23.5 Å². The second-order valence-corrected chi connectivity index (χ2v) is 4.53.